The first-order valence-corrected chi connectivity index (χ1v) is 14.4. The molecule has 4 saturated heterocycles. The molecule has 206 valence electrons. The molecule has 4 bridgehead atoms. The Labute approximate surface area is 235 Å². The van der Waals surface area contributed by atoms with E-state index in [4.69, 9.17) is 10.5 Å². The lowest BCUT2D eigenvalue weighted by Gasteiger charge is -2.44. The van der Waals surface area contributed by atoms with Crippen molar-refractivity contribution in [3.8, 4) is 28.8 Å². The number of pyridine rings is 1. The Balaban J connectivity index is 1.07. The highest BCUT2D eigenvalue weighted by Gasteiger charge is 2.41. The van der Waals surface area contributed by atoms with Crippen molar-refractivity contribution in [1.29, 1.82) is 0 Å². The number of benzene rings is 1. The maximum Gasteiger partial charge on any atom is 0.169 e. The number of morpholine rings is 1. The Hall–Kier alpha value is -3.87. The van der Waals surface area contributed by atoms with E-state index in [0.29, 0.717) is 41.2 Å². The fourth-order valence-electron chi connectivity index (χ4n) is 7.03. The molecule has 0 aliphatic carbocycles. The number of piperidine rings is 1. The first-order chi connectivity index (χ1) is 19.6. The number of aromatic nitrogens is 3. The number of nitrogens with zero attached hydrogens (tertiary/aromatic N) is 6. The van der Waals surface area contributed by atoms with Crippen LogP contribution in [0.3, 0.4) is 0 Å². The summed E-state index contributed by atoms with van der Waals surface area (Å²) in [5.41, 5.74) is 10.5. The number of phenols is 1. The summed E-state index contributed by atoms with van der Waals surface area (Å²) >= 11 is 0. The fourth-order valence-corrected chi connectivity index (χ4v) is 7.03. The molecule has 4 aliphatic heterocycles. The SMILES string of the molecule is Nc1nnc(-c2ccccc2O)cc1N1CC2CCC(C1)N2c1ccnc(C#CCN2C3CCCC2COC3)c1. The van der Waals surface area contributed by atoms with E-state index in [2.05, 4.69) is 53.9 Å². The van der Waals surface area contributed by atoms with E-state index in [9.17, 15) is 5.11 Å². The lowest BCUT2D eigenvalue weighted by atomic mass is 9.94. The number of nitrogen functional groups attached to an aromatic ring is 1. The van der Waals surface area contributed by atoms with Gasteiger partial charge in [0.25, 0.3) is 0 Å². The molecule has 4 aliphatic rings. The Morgan fingerprint density at radius 1 is 0.950 bits per heavy atom. The first-order valence-electron chi connectivity index (χ1n) is 14.4. The molecule has 9 nitrogen and oxygen atoms in total. The highest BCUT2D eigenvalue weighted by atomic mass is 16.5. The minimum atomic E-state index is 0.182. The van der Waals surface area contributed by atoms with Gasteiger partial charge in [-0.2, -0.15) is 0 Å². The van der Waals surface area contributed by atoms with E-state index in [-0.39, 0.29) is 5.75 Å². The third-order valence-corrected chi connectivity index (χ3v) is 8.96. The van der Waals surface area contributed by atoms with E-state index in [1.807, 2.05) is 24.4 Å². The van der Waals surface area contributed by atoms with Crippen LogP contribution < -0.4 is 15.5 Å². The molecular weight excluding hydrogens is 502 g/mol. The molecule has 3 N–H and O–H groups in total. The molecule has 4 atom stereocenters. The van der Waals surface area contributed by atoms with Crippen LogP contribution in [0.5, 0.6) is 5.75 Å². The van der Waals surface area contributed by atoms with Crippen LogP contribution in [0.4, 0.5) is 17.2 Å². The maximum absolute atomic E-state index is 10.3. The molecular formula is C31H35N7O2. The Bertz CT molecular complexity index is 1420. The van der Waals surface area contributed by atoms with Crippen molar-refractivity contribution < 1.29 is 9.84 Å². The quantitative estimate of drug-likeness (QED) is 0.485. The number of para-hydroxylation sites is 1. The zero-order valence-electron chi connectivity index (χ0n) is 22.6. The number of hydrogen-bond acceptors (Lipinski definition) is 9. The van der Waals surface area contributed by atoms with Crippen molar-refractivity contribution in [2.75, 3.05) is 48.4 Å². The third kappa shape index (κ3) is 4.72. The van der Waals surface area contributed by atoms with Crippen LogP contribution in [0.1, 0.15) is 37.8 Å². The minimum absolute atomic E-state index is 0.182. The van der Waals surface area contributed by atoms with Gasteiger partial charge in [-0.05, 0) is 61.9 Å². The number of ether oxygens (including phenoxy) is 1. The average Bonchev–Trinajstić information content (AvgIpc) is 3.23. The number of anilines is 3. The standard InChI is InChI=1S/C31H35N7O2/c32-31-29(16-28(34-35-31)27-8-1-2-9-30(27)39)36-17-23-10-11-24(18-36)38(23)22-12-13-33-21(15-22)5-4-14-37-25-6-3-7-26(37)20-40-19-25/h1-2,8-9,12-13,15-16,23-26,39H,3,6-7,10-11,14,17-20H2,(H2,32,35). The molecule has 0 saturated carbocycles. The summed E-state index contributed by atoms with van der Waals surface area (Å²) in [5.74, 6) is 7.36. The summed E-state index contributed by atoms with van der Waals surface area (Å²) in [6.45, 7) is 4.12. The summed E-state index contributed by atoms with van der Waals surface area (Å²) < 4.78 is 5.78. The highest BCUT2D eigenvalue weighted by Crippen LogP contribution is 2.39. The van der Waals surface area contributed by atoms with Crippen molar-refractivity contribution in [2.24, 2.45) is 0 Å². The first kappa shape index (κ1) is 25.1. The van der Waals surface area contributed by atoms with Gasteiger partial charge in [-0.25, -0.2) is 4.98 Å². The van der Waals surface area contributed by atoms with Gasteiger partial charge in [0.05, 0.1) is 31.1 Å². The van der Waals surface area contributed by atoms with Gasteiger partial charge >= 0.3 is 0 Å². The molecule has 2 aromatic heterocycles. The van der Waals surface area contributed by atoms with Gasteiger partial charge in [0.2, 0.25) is 0 Å². The number of rotatable bonds is 4. The molecule has 7 rings (SSSR count). The third-order valence-electron chi connectivity index (χ3n) is 8.96. The van der Waals surface area contributed by atoms with Gasteiger partial charge in [0.1, 0.15) is 11.4 Å². The second kappa shape index (κ2) is 10.6. The van der Waals surface area contributed by atoms with Crippen molar-refractivity contribution in [3.63, 3.8) is 0 Å². The summed E-state index contributed by atoms with van der Waals surface area (Å²) in [4.78, 5) is 12.0. The van der Waals surface area contributed by atoms with Crippen LogP contribution in [0.25, 0.3) is 11.3 Å². The predicted molar refractivity (Wildman–Crippen MR) is 155 cm³/mol. The molecule has 4 fully saturated rings. The topological polar surface area (TPSA) is 104 Å². The number of piperazine rings is 1. The van der Waals surface area contributed by atoms with Crippen LogP contribution in [-0.4, -0.2) is 82.2 Å². The summed E-state index contributed by atoms with van der Waals surface area (Å²) in [5, 5.41) is 18.8. The number of aromatic hydroxyl groups is 1. The molecule has 9 heteroatoms. The van der Waals surface area contributed by atoms with Gasteiger partial charge in [-0.1, -0.05) is 24.5 Å². The van der Waals surface area contributed by atoms with Crippen molar-refractivity contribution >= 4 is 17.2 Å². The predicted octanol–water partition coefficient (Wildman–Crippen LogP) is 3.29. The molecule has 6 heterocycles. The molecule has 4 unspecified atom stereocenters. The van der Waals surface area contributed by atoms with Crippen LogP contribution in [-0.2, 0) is 4.74 Å². The van der Waals surface area contributed by atoms with Crippen molar-refractivity contribution in [3.05, 3.63) is 54.4 Å². The molecule has 0 radical (unpaired) electrons. The Morgan fingerprint density at radius 3 is 2.50 bits per heavy atom. The van der Waals surface area contributed by atoms with Crippen LogP contribution >= 0.6 is 0 Å². The summed E-state index contributed by atoms with van der Waals surface area (Å²) in [7, 11) is 0. The molecule has 0 amide bonds. The van der Waals surface area contributed by atoms with Crippen molar-refractivity contribution in [1.82, 2.24) is 20.1 Å². The van der Waals surface area contributed by atoms with Crippen LogP contribution in [0, 0.1) is 11.8 Å². The Kier molecular flexibility index (Phi) is 6.66. The van der Waals surface area contributed by atoms with E-state index >= 15 is 0 Å². The van der Waals surface area contributed by atoms with Gasteiger partial charge in [0, 0.05) is 54.7 Å². The number of nitrogens with two attached hydrogens (primary N) is 1. The lowest BCUT2D eigenvalue weighted by molar-refractivity contribution is -0.0664. The minimum Gasteiger partial charge on any atom is -0.507 e. The smallest absolute Gasteiger partial charge is 0.169 e. The number of fused-ring (bicyclic) bond motifs is 4. The normalized spacial score (nSPS) is 25.9. The second-order valence-electron chi connectivity index (χ2n) is 11.4. The molecule has 1 aromatic carbocycles. The summed E-state index contributed by atoms with van der Waals surface area (Å²) in [6.07, 6.45) is 7.84. The van der Waals surface area contributed by atoms with Gasteiger partial charge in [-0.15, -0.1) is 10.2 Å². The largest absolute Gasteiger partial charge is 0.507 e. The van der Waals surface area contributed by atoms with E-state index < -0.39 is 0 Å². The second-order valence-corrected chi connectivity index (χ2v) is 11.4. The lowest BCUT2D eigenvalue weighted by Crippen LogP contribution is -2.54. The maximum atomic E-state index is 10.3. The zero-order valence-corrected chi connectivity index (χ0v) is 22.6. The van der Waals surface area contributed by atoms with E-state index in [1.165, 1.54) is 24.9 Å². The van der Waals surface area contributed by atoms with Crippen LogP contribution in [0.15, 0.2) is 48.7 Å². The molecule has 3 aromatic rings. The molecule has 40 heavy (non-hydrogen) atoms. The average molecular weight is 538 g/mol. The van der Waals surface area contributed by atoms with Crippen molar-refractivity contribution in [2.45, 2.75) is 56.3 Å². The highest BCUT2D eigenvalue weighted by molar-refractivity contribution is 5.74. The van der Waals surface area contributed by atoms with Crippen LogP contribution in [0.2, 0.25) is 0 Å². The summed E-state index contributed by atoms with van der Waals surface area (Å²) in [6, 6.07) is 15.1. The van der Waals surface area contributed by atoms with Gasteiger partial charge in [0.15, 0.2) is 5.82 Å². The Morgan fingerprint density at radius 2 is 1.73 bits per heavy atom. The van der Waals surface area contributed by atoms with Gasteiger partial charge < -0.3 is 25.4 Å². The zero-order chi connectivity index (χ0) is 27.1. The number of phenolic OH excluding ortho intramolecular Hbond substituents is 1. The van der Waals surface area contributed by atoms with E-state index in [1.54, 1.807) is 12.1 Å². The van der Waals surface area contributed by atoms with E-state index in [0.717, 1.165) is 57.1 Å². The molecule has 0 spiro atoms. The van der Waals surface area contributed by atoms with Gasteiger partial charge in [-0.3, -0.25) is 4.90 Å². The number of hydrogen-bond donors (Lipinski definition) is 2. The monoisotopic (exact) mass is 537 g/mol. The fraction of sp³-hybridized carbons (Fsp3) is 0.452.